The van der Waals surface area contributed by atoms with E-state index >= 15 is 0 Å². The maximum atomic E-state index is 12.3. The number of pyridine rings is 1. The fraction of sp³-hybridized carbons (Fsp3) is 0.278. The minimum atomic E-state index is -0.272. The highest BCUT2D eigenvalue weighted by Gasteiger charge is 2.15. The van der Waals surface area contributed by atoms with Gasteiger partial charge in [-0.05, 0) is 46.5 Å². The number of nitrogens with zero attached hydrogens (tertiary/aromatic N) is 5. The molecule has 0 aliphatic rings. The van der Waals surface area contributed by atoms with Crippen molar-refractivity contribution in [3.63, 3.8) is 0 Å². The summed E-state index contributed by atoms with van der Waals surface area (Å²) in [6.45, 7) is 6.03. The molecule has 0 saturated heterocycles. The SMILES string of the molecule is Cc1c(Cl)cnc(NC(=O)CSc2nnnn2-c2ccc(C(C)C)cc2)c1Cl. The molecule has 3 rings (SSSR count). The van der Waals surface area contributed by atoms with Gasteiger partial charge in [0, 0.05) is 6.20 Å². The zero-order chi connectivity index (χ0) is 20.3. The second kappa shape index (κ2) is 8.89. The third-order valence-corrected chi connectivity index (χ3v) is 5.80. The van der Waals surface area contributed by atoms with E-state index in [1.54, 1.807) is 11.6 Å². The van der Waals surface area contributed by atoms with Crippen molar-refractivity contribution in [3.8, 4) is 5.69 Å². The minimum Gasteiger partial charge on any atom is -0.309 e. The first-order valence-corrected chi connectivity index (χ1v) is 10.2. The number of halogens is 2. The Labute approximate surface area is 176 Å². The Morgan fingerprint density at radius 1 is 1.25 bits per heavy atom. The predicted octanol–water partition coefficient (Wildman–Crippen LogP) is 4.53. The Morgan fingerprint density at radius 2 is 1.96 bits per heavy atom. The summed E-state index contributed by atoms with van der Waals surface area (Å²) < 4.78 is 1.60. The lowest BCUT2D eigenvalue weighted by Gasteiger charge is -2.09. The molecule has 0 unspecified atom stereocenters. The van der Waals surface area contributed by atoms with Crippen LogP contribution in [-0.4, -0.2) is 36.9 Å². The van der Waals surface area contributed by atoms with Gasteiger partial charge in [-0.25, -0.2) is 4.98 Å². The van der Waals surface area contributed by atoms with Crippen LogP contribution >= 0.6 is 35.0 Å². The van der Waals surface area contributed by atoms with Crippen LogP contribution in [0.3, 0.4) is 0 Å². The summed E-state index contributed by atoms with van der Waals surface area (Å²) in [6, 6.07) is 7.99. The fourth-order valence-corrected chi connectivity index (χ4v) is 3.45. The summed E-state index contributed by atoms with van der Waals surface area (Å²) >= 11 is 13.4. The molecule has 0 atom stereocenters. The molecule has 0 aliphatic heterocycles. The average molecular weight is 437 g/mol. The number of thioether (sulfide) groups is 1. The molecule has 0 aliphatic carbocycles. The van der Waals surface area contributed by atoms with Gasteiger partial charge in [0.05, 0.1) is 21.5 Å². The molecular formula is C18H18Cl2N6OS. The lowest BCUT2D eigenvalue weighted by atomic mass is 10.0. The van der Waals surface area contributed by atoms with Crippen molar-refractivity contribution >= 4 is 46.7 Å². The molecule has 1 amide bonds. The van der Waals surface area contributed by atoms with Gasteiger partial charge in [0.1, 0.15) is 0 Å². The maximum Gasteiger partial charge on any atom is 0.236 e. The lowest BCUT2D eigenvalue weighted by molar-refractivity contribution is -0.113. The van der Waals surface area contributed by atoms with Gasteiger partial charge in [0.25, 0.3) is 0 Å². The van der Waals surface area contributed by atoms with E-state index in [0.29, 0.717) is 26.7 Å². The van der Waals surface area contributed by atoms with E-state index in [-0.39, 0.29) is 17.5 Å². The second-order valence-corrected chi connectivity index (χ2v) is 8.08. The van der Waals surface area contributed by atoms with Crippen LogP contribution < -0.4 is 5.32 Å². The maximum absolute atomic E-state index is 12.3. The number of hydrogen-bond acceptors (Lipinski definition) is 6. The number of carbonyl (C=O) groups is 1. The molecule has 0 saturated carbocycles. The van der Waals surface area contributed by atoms with Crippen LogP contribution in [0.1, 0.15) is 30.9 Å². The highest BCUT2D eigenvalue weighted by Crippen LogP contribution is 2.29. The summed E-state index contributed by atoms with van der Waals surface area (Å²) in [5, 5.41) is 15.7. The van der Waals surface area contributed by atoms with Crippen LogP contribution in [0.2, 0.25) is 10.0 Å². The van der Waals surface area contributed by atoms with Crippen molar-refractivity contribution in [1.29, 1.82) is 0 Å². The minimum absolute atomic E-state index is 0.101. The number of hydrogen-bond donors (Lipinski definition) is 1. The number of nitrogens with one attached hydrogen (secondary N) is 1. The van der Waals surface area contributed by atoms with Crippen LogP contribution in [0.25, 0.3) is 5.69 Å². The fourth-order valence-electron chi connectivity index (χ4n) is 2.37. The van der Waals surface area contributed by atoms with Crippen LogP contribution in [-0.2, 0) is 4.79 Å². The predicted molar refractivity (Wildman–Crippen MR) is 112 cm³/mol. The Balaban J connectivity index is 1.67. The number of benzene rings is 1. The first-order chi connectivity index (χ1) is 13.4. The van der Waals surface area contributed by atoms with Crippen LogP contribution in [0, 0.1) is 6.92 Å². The molecule has 0 spiro atoms. The van der Waals surface area contributed by atoms with Crippen molar-refractivity contribution in [3.05, 3.63) is 51.6 Å². The van der Waals surface area contributed by atoms with Crippen LogP contribution in [0.4, 0.5) is 5.82 Å². The molecule has 10 heteroatoms. The van der Waals surface area contributed by atoms with Crippen LogP contribution in [0.15, 0.2) is 35.6 Å². The normalized spacial score (nSPS) is 11.1. The molecule has 0 radical (unpaired) electrons. The van der Waals surface area contributed by atoms with Gasteiger partial charge in [0.15, 0.2) is 5.82 Å². The van der Waals surface area contributed by atoms with E-state index < -0.39 is 0 Å². The van der Waals surface area contributed by atoms with Crippen LogP contribution in [0.5, 0.6) is 0 Å². The quantitative estimate of drug-likeness (QED) is 0.571. The third kappa shape index (κ3) is 4.63. The highest BCUT2D eigenvalue weighted by molar-refractivity contribution is 7.99. The first kappa shape index (κ1) is 20.6. The summed E-state index contributed by atoms with van der Waals surface area (Å²) in [7, 11) is 0. The van der Waals surface area contributed by atoms with Gasteiger partial charge in [-0.2, -0.15) is 4.68 Å². The number of carbonyl (C=O) groups excluding carboxylic acids is 1. The smallest absolute Gasteiger partial charge is 0.236 e. The first-order valence-electron chi connectivity index (χ1n) is 8.48. The Kier molecular flexibility index (Phi) is 6.53. The molecule has 28 heavy (non-hydrogen) atoms. The number of amides is 1. The van der Waals surface area contributed by atoms with Gasteiger partial charge in [0.2, 0.25) is 11.1 Å². The van der Waals surface area contributed by atoms with Gasteiger partial charge < -0.3 is 5.32 Å². The molecular weight excluding hydrogens is 419 g/mol. The van der Waals surface area contributed by atoms with E-state index in [1.165, 1.54) is 23.5 Å². The van der Waals surface area contributed by atoms with Crippen molar-refractivity contribution in [1.82, 2.24) is 25.2 Å². The highest BCUT2D eigenvalue weighted by atomic mass is 35.5. The van der Waals surface area contributed by atoms with E-state index in [2.05, 4.69) is 39.7 Å². The van der Waals surface area contributed by atoms with Gasteiger partial charge in [-0.15, -0.1) is 5.10 Å². The molecule has 0 fully saturated rings. The third-order valence-electron chi connectivity index (χ3n) is 4.04. The monoisotopic (exact) mass is 436 g/mol. The van der Waals surface area contributed by atoms with E-state index in [1.807, 2.05) is 24.3 Å². The van der Waals surface area contributed by atoms with Crippen molar-refractivity contribution in [2.45, 2.75) is 31.8 Å². The summed E-state index contributed by atoms with van der Waals surface area (Å²) in [4.78, 5) is 16.3. The summed E-state index contributed by atoms with van der Waals surface area (Å²) in [6.07, 6.45) is 1.45. The molecule has 2 heterocycles. The van der Waals surface area contributed by atoms with E-state index in [9.17, 15) is 4.79 Å². The number of rotatable bonds is 6. The molecule has 2 aromatic heterocycles. The molecule has 0 bridgehead atoms. The van der Waals surface area contributed by atoms with Gasteiger partial charge in [-0.1, -0.05) is 60.9 Å². The Hall–Kier alpha value is -2.16. The standard InChI is InChI=1S/C18H18Cl2N6OS/c1-10(2)12-4-6-13(7-5-12)26-18(23-24-25-26)28-9-15(27)22-17-16(20)11(3)14(19)8-21-17/h4-8,10H,9H2,1-3H3,(H,21,22,27). The Bertz CT molecular complexity index is 990. The average Bonchev–Trinajstić information content (AvgIpc) is 3.15. The lowest BCUT2D eigenvalue weighted by Crippen LogP contribution is -2.16. The largest absolute Gasteiger partial charge is 0.309 e. The van der Waals surface area contributed by atoms with E-state index in [4.69, 9.17) is 23.2 Å². The number of anilines is 1. The van der Waals surface area contributed by atoms with Crippen molar-refractivity contribution < 1.29 is 4.79 Å². The zero-order valence-corrected chi connectivity index (χ0v) is 17.8. The van der Waals surface area contributed by atoms with Crippen molar-refractivity contribution in [2.75, 3.05) is 11.1 Å². The summed E-state index contributed by atoms with van der Waals surface area (Å²) in [5.41, 5.74) is 2.72. The van der Waals surface area contributed by atoms with Gasteiger partial charge >= 0.3 is 0 Å². The van der Waals surface area contributed by atoms with E-state index in [0.717, 1.165) is 5.69 Å². The zero-order valence-electron chi connectivity index (χ0n) is 15.5. The number of tetrazole rings is 1. The number of aromatic nitrogens is 5. The van der Waals surface area contributed by atoms with Gasteiger partial charge in [-0.3, -0.25) is 4.79 Å². The molecule has 1 N–H and O–H groups in total. The molecule has 146 valence electrons. The second-order valence-electron chi connectivity index (χ2n) is 6.35. The Morgan fingerprint density at radius 3 is 2.64 bits per heavy atom. The topological polar surface area (TPSA) is 85.6 Å². The molecule has 3 aromatic rings. The molecule has 7 nitrogen and oxygen atoms in total. The summed E-state index contributed by atoms with van der Waals surface area (Å²) in [5.74, 6) is 0.547. The molecule has 1 aromatic carbocycles. The van der Waals surface area contributed by atoms with Crippen molar-refractivity contribution in [2.24, 2.45) is 0 Å².